The largest absolute Gasteiger partial charge is 0.495 e. The van der Waals surface area contributed by atoms with Crippen LogP contribution in [0.1, 0.15) is 5.56 Å². The normalized spacial score (nSPS) is 10.9. The van der Waals surface area contributed by atoms with Crippen LogP contribution in [0.25, 0.3) is 10.8 Å². The average Bonchev–Trinajstić information content (AvgIpc) is 2.68. The number of nitrogens with zero attached hydrogens (tertiary/aromatic N) is 1. The summed E-state index contributed by atoms with van der Waals surface area (Å²) in [5.74, 6) is 0.0300. The molecule has 3 rings (SSSR count). The number of aryl methyl sites for hydroxylation is 1. The summed E-state index contributed by atoms with van der Waals surface area (Å²) in [6.07, 6.45) is 1.42. The van der Waals surface area contributed by atoms with Crippen LogP contribution in [-0.2, 0) is 4.79 Å². The minimum Gasteiger partial charge on any atom is -0.495 e. The van der Waals surface area contributed by atoms with Crippen LogP contribution in [-0.4, -0.2) is 13.0 Å². The second-order valence-corrected chi connectivity index (χ2v) is 6.00. The number of hydrogen-bond acceptors (Lipinski definition) is 4. The van der Waals surface area contributed by atoms with E-state index in [1.165, 1.54) is 13.3 Å². The Balaban J connectivity index is 1.83. The number of nitriles is 1. The molecule has 0 aliphatic carbocycles. The number of carbonyl (C=O) groups excluding carboxylic acids is 1. The van der Waals surface area contributed by atoms with Crippen molar-refractivity contribution in [3.63, 3.8) is 0 Å². The van der Waals surface area contributed by atoms with Crippen LogP contribution >= 0.6 is 0 Å². The first kappa shape index (κ1) is 18.0. The smallest absolute Gasteiger partial charge is 0.267 e. The van der Waals surface area contributed by atoms with Crippen LogP contribution in [0.4, 0.5) is 11.4 Å². The average molecular weight is 357 g/mol. The van der Waals surface area contributed by atoms with Gasteiger partial charge in [-0.2, -0.15) is 5.26 Å². The van der Waals surface area contributed by atoms with Crippen LogP contribution in [0.5, 0.6) is 5.75 Å². The molecule has 0 aromatic heterocycles. The highest BCUT2D eigenvalue weighted by molar-refractivity contribution is 6.07. The first-order chi connectivity index (χ1) is 13.1. The molecule has 0 atom stereocenters. The topological polar surface area (TPSA) is 74.1 Å². The van der Waals surface area contributed by atoms with Crippen molar-refractivity contribution in [1.82, 2.24) is 0 Å². The van der Waals surface area contributed by atoms with Gasteiger partial charge in [0.1, 0.15) is 17.4 Å². The number of rotatable bonds is 5. The van der Waals surface area contributed by atoms with Crippen molar-refractivity contribution in [3.05, 3.63) is 78.0 Å². The van der Waals surface area contributed by atoms with E-state index in [-0.39, 0.29) is 5.57 Å². The molecule has 5 nitrogen and oxygen atoms in total. The molecule has 0 aliphatic heterocycles. The van der Waals surface area contributed by atoms with Gasteiger partial charge in [-0.25, -0.2) is 0 Å². The maximum Gasteiger partial charge on any atom is 0.267 e. The van der Waals surface area contributed by atoms with Crippen molar-refractivity contribution < 1.29 is 9.53 Å². The van der Waals surface area contributed by atoms with Crippen molar-refractivity contribution in [2.24, 2.45) is 0 Å². The van der Waals surface area contributed by atoms with Gasteiger partial charge in [-0.1, -0.05) is 42.5 Å². The summed E-state index contributed by atoms with van der Waals surface area (Å²) in [5.41, 5.74) is 2.28. The van der Waals surface area contributed by atoms with Crippen LogP contribution in [0.2, 0.25) is 0 Å². The summed E-state index contributed by atoms with van der Waals surface area (Å²) in [4.78, 5) is 12.5. The lowest BCUT2D eigenvalue weighted by atomic mass is 10.1. The number of hydrogen-bond donors (Lipinski definition) is 2. The lowest BCUT2D eigenvalue weighted by molar-refractivity contribution is -0.112. The van der Waals surface area contributed by atoms with Crippen molar-refractivity contribution >= 4 is 28.1 Å². The lowest BCUT2D eigenvalue weighted by Gasteiger charge is -2.11. The Hall–Kier alpha value is -3.78. The van der Waals surface area contributed by atoms with E-state index in [0.717, 1.165) is 22.0 Å². The summed E-state index contributed by atoms with van der Waals surface area (Å²) >= 11 is 0. The Morgan fingerprint density at radius 3 is 2.63 bits per heavy atom. The molecule has 0 saturated carbocycles. The van der Waals surface area contributed by atoms with E-state index >= 15 is 0 Å². The predicted molar refractivity (Wildman–Crippen MR) is 108 cm³/mol. The number of methoxy groups -OCH3 is 1. The molecule has 2 N–H and O–H groups in total. The summed E-state index contributed by atoms with van der Waals surface area (Å²) in [6.45, 7) is 1.91. The Kier molecular flexibility index (Phi) is 5.38. The Morgan fingerprint density at radius 1 is 1.07 bits per heavy atom. The monoisotopic (exact) mass is 357 g/mol. The van der Waals surface area contributed by atoms with Crippen molar-refractivity contribution in [2.75, 3.05) is 17.7 Å². The zero-order chi connectivity index (χ0) is 19.2. The zero-order valence-corrected chi connectivity index (χ0v) is 15.1. The molecule has 3 aromatic carbocycles. The first-order valence-electron chi connectivity index (χ1n) is 8.43. The van der Waals surface area contributed by atoms with Crippen molar-refractivity contribution in [2.45, 2.75) is 6.92 Å². The maximum absolute atomic E-state index is 12.5. The Labute approximate surface area is 157 Å². The van der Waals surface area contributed by atoms with Gasteiger partial charge in [0.15, 0.2) is 0 Å². The van der Waals surface area contributed by atoms with E-state index in [1.54, 1.807) is 12.1 Å². The molecular weight excluding hydrogens is 338 g/mol. The summed E-state index contributed by atoms with van der Waals surface area (Å²) < 4.78 is 5.26. The predicted octanol–water partition coefficient (Wildman–Crippen LogP) is 4.61. The number of anilines is 2. The molecule has 0 aliphatic rings. The molecule has 134 valence electrons. The zero-order valence-electron chi connectivity index (χ0n) is 15.1. The molecule has 1 amide bonds. The summed E-state index contributed by atoms with van der Waals surface area (Å²) in [6, 6.07) is 21.1. The van der Waals surface area contributed by atoms with Gasteiger partial charge in [0, 0.05) is 17.3 Å². The first-order valence-corrected chi connectivity index (χ1v) is 8.43. The van der Waals surface area contributed by atoms with E-state index in [9.17, 15) is 10.1 Å². The van der Waals surface area contributed by atoms with Gasteiger partial charge in [-0.3, -0.25) is 4.79 Å². The van der Waals surface area contributed by atoms with Gasteiger partial charge in [-0.05, 0) is 36.1 Å². The number of amides is 1. The second kappa shape index (κ2) is 8.07. The molecular formula is C22H19N3O2. The van der Waals surface area contributed by atoms with E-state index in [2.05, 4.69) is 10.6 Å². The summed E-state index contributed by atoms with van der Waals surface area (Å²) in [5, 5.41) is 17.3. The SMILES string of the molecule is COc1ccc(C)cc1NC(=O)/C(C#N)=C\Nc1cccc2ccccc12. The van der Waals surface area contributed by atoms with Gasteiger partial charge >= 0.3 is 0 Å². The van der Waals surface area contributed by atoms with Crippen LogP contribution in [0, 0.1) is 18.3 Å². The van der Waals surface area contributed by atoms with E-state index in [4.69, 9.17) is 4.74 Å². The maximum atomic E-state index is 12.5. The highest BCUT2D eigenvalue weighted by Crippen LogP contribution is 2.26. The quantitative estimate of drug-likeness (QED) is 0.516. The fourth-order valence-electron chi connectivity index (χ4n) is 2.76. The van der Waals surface area contributed by atoms with Crippen molar-refractivity contribution in [1.29, 1.82) is 5.26 Å². The van der Waals surface area contributed by atoms with Gasteiger partial charge in [0.25, 0.3) is 5.91 Å². The highest BCUT2D eigenvalue weighted by Gasteiger charge is 2.12. The van der Waals surface area contributed by atoms with Crippen LogP contribution < -0.4 is 15.4 Å². The third-order valence-corrected chi connectivity index (χ3v) is 4.13. The van der Waals surface area contributed by atoms with E-state index in [0.29, 0.717) is 11.4 Å². The van der Waals surface area contributed by atoms with Gasteiger partial charge in [0.2, 0.25) is 0 Å². The minimum absolute atomic E-state index is 0.0357. The molecule has 27 heavy (non-hydrogen) atoms. The van der Waals surface area contributed by atoms with Gasteiger partial charge in [0.05, 0.1) is 12.8 Å². The third kappa shape index (κ3) is 4.07. The molecule has 0 bridgehead atoms. The number of nitrogens with one attached hydrogen (secondary N) is 2. The van der Waals surface area contributed by atoms with Crippen LogP contribution in [0.3, 0.4) is 0 Å². The standard InChI is InChI=1S/C22H19N3O2/c1-15-10-11-21(27-2)20(12-15)25-22(26)17(13-23)14-24-19-9-5-7-16-6-3-4-8-18(16)19/h3-12,14,24H,1-2H3,(H,25,26)/b17-14-. The Morgan fingerprint density at radius 2 is 1.85 bits per heavy atom. The lowest BCUT2D eigenvalue weighted by Crippen LogP contribution is -2.15. The third-order valence-electron chi connectivity index (χ3n) is 4.13. The highest BCUT2D eigenvalue weighted by atomic mass is 16.5. The molecule has 0 spiro atoms. The van der Waals surface area contributed by atoms with Crippen molar-refractivity contribution in [3.8, 4) is 11.8 Å². The molecule has 0 unspecified atom stereocenters. The van der Waals surface area contributed by atoms with Gasteiger partial charge in [-0.15, -0.1) is 0 Å². The van der Waals surface area contributed by atoms with Crippen LogP contribution in [0.15, 0.2) is 72.4 Å². The molecule has 3 aromatic rings. The second-order valence-electron chi connectivity index (χ2n) is 6.00. The number of ether oxygens (including phenoxy) is 1. The van der Waals surface area contributed by atoms with E-state index in [1.807, 2.05) is 61.5 Å². The molecule has 0 saturated heterocycles. The molecule has 0 heterocycles. The summed E-state index contributed by atoms with van der Waals surface area (Å²) in [7, 11) is 1.53. The minimum atomic E-state index is -0.505. The fourth-order valence-corrected chi connectivity index (χ4v) is 2.76. The number of carbonyl (C=O) groups is 1. The fraction of sp³-hybridized carbons (Fsp3) is 0.0909. The number of benzene rings is 3. The van der Waals surface area contributed by atoms with Gasteiger partial charge < -0.3 is 15.4 Å². The molecule has 0 radical (unpaired) electrons. The Bertz CT molecular complexity index is 1060. The molecule has 5 heteroatoms. The van der Waals surface area contributed by atoms with E-state index < -0.39 is 5.91 Å². The molecule has 0 fully saturated rings. The number of fused-ring (bicyclic) bond motifs is 1.